The molecule has 0 atom stereocenters. The van der Waals surface area contributed by atoms with Gasteiger partial charge in [0, 0.05) is 11.1 Å². The molecule has 1 aliphatic carbocycles. The molecule has 2 heteroatoms. The van der Waals surface area contributed by atoms with Gasteiger partial charge in [0.05, 0.1) is 0 Å². The predicted molar refractivity (Wildman–Crippen MR) is 88.3 cm³/mol. The summed E-state index contributed by atoms with van der Waals surface area (Å²) in [6, 6.07) is 15.3. The minimum Gasteiger partial charge on any atom is -0.289 e. The molecule has 0 radical (unpaired) electrons. The van der Waals surface area contributed by atoms with E-state index in [1.54, 1.807) is 0 Å². The number of hydrogen-bond acceptors (Lipinski definition) is 2. The molecule has 0 amide bonds. The molecule has 3 rings (SSSR count). The molecular weight excluding hydrogens is 272 g/mol. The van der Waals surface area contributed by atoms with Gasteiger partial charge in [0.1, 0.15) is 0 Å². The minimum absolute atomic E-state index is 0.123. The number of ketones is 2. The van der Waals surface area contributed by atoms with Gasteiger partial charge in [-0.1, -0.05) is 59.7 Å². The van der Waals surface area contributed by atoms with Crippen LogP contribution in [0.3, 0.4) is 0 Å². The van der Waals surface area contributed by atoms with Gasteiger partial charge in [0.15, 0.2) is 11.6 Å². The molecule has 0 bridgehead atoms. The van der Waals surface area contributed by atoms with Gasteiger partial charge in [-0.15, -0.1) is 0 Å². The molecule has 108 valence electrons. The lowest BCUT2D eigenvalue weighted by Gasteiger charge is -2.13. The predicted octanol–water partition coefficient (Wildman–Crippen LogP) is 3.92. The number of carbonyl (C=O) groups excluding carboxylic acids is 2. The molecule has 2 aromatic rings. The third-order valence-electron chi connectivity index (χ3n) is 3.74. The van der Waals surface area contributed by atoms with Crippen molar-refractivity contribution in [3.63, 3.8) is 0 Å². The van der Waals surface area contributed by atoms with Gasteiger partial charge in [0.2, 0.25) is 0 Å². The van der Waals surface area contributed by atoms with E-state index >= 15 is 0 Å². The van der Waals surface area contributed by atoms with Gasteiger partial charge in [-0.25, -0.2) is 0 Å². The molecule has 0 saturated carbocycles. The first kappa shape index (κ1) is 14.2. The Morgan fingerprint density at radius 2 is 1.05 bits per heavy atom. The van der Waals surface area contributed by atoms with Crippen LogP contribution in [0.25, 0.3) is 11.1 Å². The molecule has 0 N–H and O–H groups in total. The van der Waals surface area contributed by atoms with Crippen molar-refractivity contribution in [3.8, 4) is 0 Å². The van der Waals surface area contributed by atoms with Gasteiger partial charge in [0.25, 0.3) is 0 Å². The summed E-state index contributed by atoms with van der Waals surface area (Å²) in [5.74, 6) is -0.247. The van der Waals surface area contributed by atoms with Gasteiger partial charge >= 0.3 is 0 Å². The minimum atomic E-state index is -0.123. The topological polar surface area (TPSA) is 34.1 Å². The largest absolute Gasteiger partial charge is 0.289 e. The van der Waals surface area contributed by atoms with E-state index in [1.807, 2.05) is 62.4 Å². The average Bonchev–Trinajstić information content (AvgIpc) is 2.49. The molecule has 0 spiro atoms. The Morgan fingerprint density at radius 1 is 0.636 bits per heavy atom. The van der Waals surface area contributed by atoms with Crippen molar-refractivity contribution < 1.29 is 9.59 Å². The highest BCUT2D eigenvalue weighted by molar-refractivity contribution is 6.43. The SMILES string of the molecule is Cc1cccc(C2=CC(=O)C(c3cccc(C)c3)=CC2=O)c1. The first-order valence-corrected chi connectivity index (χ1v) is 7.21. The summed E-state index contributed by atoms with van der Waals surface area (Å²) in [5.41, 5.74) is 4.63. The molecule has 1 aliphatic rings. The number of carbonyl (C=O) groups is 2. The van der Waals surface area contributed by atoms with E-state index < -0.39 is 0 Å². The number of allylic oxidation sites excluding steroid dienone is 4. The van der Waals surface area contributed by atoms with Crippen LogP contribution in [0, 0.1) is 13.8 Å². The first-order chi connectivity index (χ1) is 10.5. The van der Waals surface area contributed by atoms with Gasteiger partial charge in [-0.2, -0.15) is 0 Å². The molecule has 0 heterocycles. The van der Waals surface area contributed by atoms with Crippen LogP contribution in [0.1, 0.15) is 22.3 Å². The molecule has 22 heavy (non-hydrogen) atoms. The first-order valence-electron chi connectivity index (χ1n) is 7.21. The summed E-state index contributed by atoms with van der Waals surface area (Å²) in [5, 5.41) is 0. The van der Waals surface area contributed by atoms with E-state index in [9.17, 15) is 9.59 Å². The fraction of sp³-hybridized carbons (Fsp3) is 0.100. The van der Waals surface area contributed by atoms with Crippen LogP contribution in [0.4, 0.5) is 0 Å². The number of aryl methyl sites for hydroxylation is 2. The monoisotopic (exact) mass is 288 g/mol. The van der Waals surface area contributed by atoms with Crippen molar-refractivity contribution >= 4 is 22.7 Å². The van der Waals surface area contributed by atoms with E-state index in [1.165, 1.54) is 12.2 Å². The standard InChI is InChI=1S/C20H16O2/c1-13-5-3-7-15(9-13)17-11-20(22)18(12-19(17)21)16-8-4-6-14(2)10-16/h3-12H,1-2H3. The van der Waals surface area contributed by atoms with Gasteiger partial charge < -0.3 is 0 Å². The maximum absolute atomic E-state index is 12.4. The van der Waals surface area contributed by atoms with Gasteiger partial charge in [-0.3, -0.25) is 9.59 Å². The van der Waals surface area contributed by atoms with Crippen molar-refractivity contribution in [2.45, 2.75) is 13.8 Å². The summed E-state index contributed by atoms with van der Waals surface area (Å²) in [7, 11) is 0. The molecule has 2 aromatic carbocycles. The maximum atomic E-state index is 12.4. The van der Waals surface area contributed by atoms with Crippen LogP contribution in [-0.4, -0.2) is 11.6 Å². The smallest absolute Gasteiger partial charge is 0.187 e. The Labute approximate surface area is 129 Å². The van der Waals surface area contributed by atoms with Crippen molar-refractivity contribution in [1.29, 1.82) is 0 Å². The Hall–Kier alpha value is -2.74. The highest BCUT2D eigenvalue weighted by atomic mass is 16.1. The van der Waals surface area contributed by atoms with Gasteiger partial charge in [-0.05, 0) is 37.1 Å². The Kier molecular flexibility index (Phi) is 3.60. The van der Waals surface area contributed by atoms with Crippen molar-refractivity contribution in [1.82, 2.24) is 0 Å². The maximum Gasteiger partial charge on any atom is 0.187 e. The van der Waals surface area contributed by atoms with E-state index in [0.29, 0.717) is 11.1 Å². The van der Waals surface area contributed by atoms with E-state index in [4.69, 9.17) is 0 Å². The third kappa shape index (κ3) is 2.68. The number of benzene rings is 2. The summed E-state index contributed by atoms with van der Waals surface area (Å²) < 4.78 is 0. The molecular formula is C20H16O2. The van der Waals surface area contributed by atoms with Crippen molar-refractivity contribution in [2.24, 2.45) is 0 Å². The second kappa shape index (κ2) is 5.57. The Balaban J connectivity index is 2.00. The Morgan fingerprint density at radius 3 is 1.41 bits per heavy atom. The number of hydrogen-bond donors (Lipinski definition) is 0. The normalized spacial score (nSPS) is 14.6. The van der Waals surface area contributed by atoms with Crippen molar-refractivity contribution in [3.05, 3.63) is 82.9 Å². The fourth-order valence-electron chi connectivity index (χ4n) is 2.64. The van der Waals surface area contributed by atoms with E-state index in [0.717, 1.165) is 22.3 Å². The zero-order valence-electron chi connectivity index (χ0n) is 12.6. The summed E-state index contributed by atoms with van der Waals surface area (Å²) in [4.78, 5) is 24.8. The molecule has 0 saturated heterocycles. The van der Waals surface area contributed by atoms with Crippen LogP contribution in [0.5, 0.6) is 0 Å². The van der Waals surface area contributed by atoms with Crippen LogP contribution >= 0.6 is 0 Å². The molecule has 0 unspecified atom stereocenters. The summed E-state index contributed by atoms with van der Waals surface area (Å²) in [6.45, 7) is 3.93. The zero-order chi connectivity index (χ0) is 15.7. The lowest BCUT2D eigenvalue weighted by Crippen LogP contribution is -2.12. The Bertz CT molecular complexity index is 767. The highest BCUT2D eigenvalue weighted by Gasteiger charge is 2.22. The van der Waals surface area contributed by atoms with E-state index in [2.05, 4.69) is 0 Å². The van der Waals surface area contributed by atoms with Crippen LogP contribution in [0.2, 0.25) is 0 Å². The zero-order valence-corrected chi connectivity index (χ0v) is 12.6. The lowest BCUT2D eigenvalue weighted by atomic mass is 9.88. The molecule has 0 aromatic heterocycles. The molecule has 0 aliphatic heterocycles. The van der Waals surface area contributed by atoms with Crippen LogP contribution in [0.15, 0.2) is 60.7 Å². The molecule has 0 fully saturated rings. The third-order valence-corrected chi connectivity index (χ3v) is 3.74. The average molecular weight is 288 g/mol. The second-order valence-electron chi connectivity index (χ2n) is 5.58. The van der Waals surface area contributed by atoms with Crippen LogP contribution in [-0.2, 0) is 9.59 Å². The van der Waals surface area contributed by atoms with Crippen LogP contribution < -0.4 is 0 Å². The summed E-state index contributed by atoms with van der Waals surface area (Å²) >= 11 is 0. The quantitative estimate of drug-likeness (QED) is 0.785. The highest BCUT2D eigenvalue weighted by Crippen LogP contribution is 2.27. The van der Waals surface area contributed by atoms with E-state index in [-0.39, 0.29) is 11.6 Å². The van der Waals surface area contributed by atoms with Crippen molar-refractivity contribution in [2.75, 3.05) is 0 Å². The number of rotatable bonds is 2. The fourth-order valence-corrected chi connectivity index (χ4v) is 2.64. The lowest BCUT2D eigenvalue weighted by molar-refractivity contribution is -0.112. The molecule has 2 nitrogen and oxygen atoms in total. The summed E-state index contributed by atoms with van der Waals surface area (Å²) in [6.07, 6.45) is 2.91. The second-order valence-corrected chi connectivity index (χ2v) is 5.58.